The maximum absolute atomic E-state index is 5.44. The third-order valence-electron chi connectivity index (χ3n) is 3.05. The molecule has 96 valence electrons. The number of hydrogen-bond acceptors (Lipinski definition) is 3. The van der Waals surface area contributed by atoms with Gasteiger partial charge in [0, 0.05) is 19.1 Å². The molecule has 0 fully saturated rings. The second kappa shape index (κ2) is 7.30. The number of likely N-dealkylation sites (N-methyl/N-ethyl adjacent to an activating group) is 2. The van der Waals surface area contributed by atoms with Crippen molar-refractivity contribution >= 4 is 0 Å². The highest BCUT2D eigenvalue weighted by molar-refractivity contribution is 5.28. The molecule has 1 N–H and O–H groups in total. The van der Waals surface area contributed by atoms with E-state index in [1.165, 1.54) is 5.56 Å². The second-order valence-corrected chi connectivity index (χ2v) is 4.26. The van der Waals surface area contributed by atoms with E-state index in [9.17, 15) is 0 Å². The molecule has 0 heterocycles. The highest BCUT2D eigenvalue weighted by Gasteiger charge is 2.10. The smallest absolute Gasteiger partial charge is 0.119 e. The summed E-state index contributed by atoms with van der Waals surface area (Å²) in [5.74, 6) is 0.946. The van der Waals surface area contributed by atoms with Gasteiger partial charge in [-0.05, 0) is 45.6 Å². The molecule has 0 spiro atoms. The number of ether oxygens (including phenoxy) is 1. The summed E-state index contributed by atoms with van der Waals surface area (Å²) in [4.78, 5) is 2.34. The van der Waals surface area contributed by atoms with E-state index >= 15 is 0 Å². The molecule has 0 aliphatic carbocycles. The lowest BCUT2D eigenvalue weighted by molar-refractivity contribution is 0.263. The lowest BCUT2D eigenvalue weighted by atomic mass is 10.1. The van der Waals surface area contributed by atoms with Crippen LogP contribution in [0.5, 0.6) is 5.75 Å². The molecule has 1 aromatic carbocycles. The number of nitrogens with zero attached hydrogens (tertiary/aromatic N) is 1. The van der Waals surface area contributed by atoms with Crippen LogP contribution in [0.15, 0.2) is 24.3 Å². The molecule has 0 amide bonds. The van der Waals surface area contributed by atoms with Gasteiger partial charge in [-0.15, -0.1) is 0 Å². The normalized spacial score (nSPS) is 12.8. The van der Waals surface area contributed by atoms with Crippen molar-refractivity contribution < 1.29 is 4.74 Å². The summed E-state index contributed by atoms with van der Waals surface area (Å²) in [7, 11) is 4.13. The Hall–Kier alpha value is -1.06. The van der Waals surface area contributed by atoms with Gasteiger partial charge in [0.2, 0.25) is 0 Å². The van der Waals surface area contributed by atoms with Crippen molar-refractivity contribution in [1.82, 2.24) is 10.2 Å². The Bertz CT molecular complexity index is 311. The Kier molecular flexibility index (Phi) is 6.01. The fourth-order valence-electron chi connectivity index (χ4n) is 1.75. The monoisotopic (exact) mass is 236 g/mol. The second-order valence-electron chi connectivity index (χ2n) is 4.26. The average molecular weight is 236 g/mol. The molecule has 1 aromatic rings. The van der Waals surface area contributed by atoms with E-state index in [0.717, 1.165) is 25.4 Å². The largest absolute Gasteiger partial charge is 0.494 e. The quantitative estimate of drug-likeness (QED) is 0.786. The van der Waals surface area contributed by atoms with Crippen LogP contribution in [0.1, 0.15) is 25.5 Å². The van der Waals surface area contributed by atoms with Gasteiger partial charge in [-0.2, -0.15) is 0 Å². The minimum absolute atomic E-state index is 0.430. The summed E-state index contributed by atoms with van der Waals surface area (Å²) in [5, 5.41) is 3.17. The first-order valence-corrected chi connectivity index (χ1v) is 6.26. The molecule has 3 heteroatoms. The molecule has 1 unspecified atom stereocenters. The van der Waals surface area contributed by atoms with Gasteiger partial charge in [0.1, 0.15) is 5.75 Å². The molecule has 0 saturated carbocycles. The minimum atomic E-state index is 0.430. The van der Waals surface area contributed by atoms with Gasteiger partial charge in [0.25, 0.3) is 0 Å². The van der Waals surface area contributed by atoms with Crippen LogP contribution in [-0.4, -0.2) is 38.7 Å². The highest BCUT2D eigenvalue weighted by atomic mass is 16.5. The Morgan fingerprint density at radius 1 is 1.29 bits per heavy atom. The van der Waals surface area contributed by atoms with Crippen molar-refractivity contribution in [2.45, 2.75) is 19.9 Å². The summed E-state index contributed by atoms with van der Waals surface area (Å²) in [6.45, 7) is 7.01. The summed E-state index contributed by atoms with van der Waals surface area (Å²) in [6.07, 6.45) is 0. The van der Waals surface area contributed by atoms with Crippen LogP contribution in [0, 0.1) is 0 Å². The fraction of sp³-hybridized carbons (Fsp3) is 0.571. The summed E-state index contributed by atoms with van der Waals surface area (Å²) < 4.78 is 5.44. The van der Waals surface area contributed by atoms with Crippen LogP contribution in [0.4, 0.5) is 0 Å². The maximum Gasteiger partial charge on any atom is 0.119 e. The lowest BCUT2D eigenvalue weighted by Crippen LogP contribution is -2.29. The van der Waals surface area contributed by atoms with Crippen molar-refractivity contribution in [1.29, 1.82) is 0 Å². The molecule has 1 rings (SSSR count). The summed E-state index contributed by atoms with van der Waals surface area (Å²) in [6, 6.07) is 8.80. The zero-order chi connectivity index (χ0) is 12.7. The van der Waals surface area contributed by atoms with Crippen LogP contribution in [0.2, 0.25) is 0 Å². The number of hydrogen-bond donors (Lipinski definition) is 1. The van der Waals surface area contributed by atoms with Crippen LogP contribution in [0.25, 0.3) is 0 Å². The molecular formula is C14H24N2O. The first-order valence-electron chi connectivity index (χ1n) is 6.26. The first kappa shape index (κ1) is 14.0. The Balaban J connectivity index is 2.58. The highest BCUT2D eigenvalue weighted by Crippen LogP contribution is 2.21. The van der Waals surface area contributed by atoms with E-state index in [0.29, 0.717) is 6.04 Å². The van der Waals surface area contributed by atoms with Crippen molar-refractivity contribution in [3.8, 4) is 5.75 Å². The number of nitrogens with one attached hydrogen (secondary N) is 1. The first-order chi connectivity index (χ1) is 8.19. The number of rotatable bonds is 7. The van der Waals surface area contributed by atoms with E-state index < -0.39 is 0 Å². The van der Waals surface area contributed by atoms with Gasteiger partial charge in [-0.25, -0.2) is 0 Å². The number of benzene rings is 1. The van der Waals surface area contributed by atoms with Crippen LogP contribution in [0.3, 0.4) is 0 Å². The maximum atomic E-state index is 5.44. The van der Waals surface area contributed by atoms with E-state index in [2.05, 4.69) is 36.3 Å². The van der Waals surface area contributed by atoms with Gasteiger partial charge < -0.3 is 10.1 Å². The van der Waals surface area contributed by atoms with Crippen molar-refractivity contribution in [3.63, 3.8) is 0 Å². The molecule has 0 aliphatic rings. The molecule has 0 bridgehead atoms. The molecule has 17 heavy (non-hydrogen) atoms. The predicted octanol–water partition coefficient (Wildman–Crippen LogP) is 2.30. The van der Waals surface area contributed by atoms with Gasteiger partial charge >= 0.3 is 0 Å². The standard InChI is InChI=1S/C14H24N2O/c1-5-17-14-8-6-13(7-9-14)12(2)16(4)11-10-15-3/h6-9,12,15H,5,10-11H2,1-4H3. The molecule has 0 radical (unpaired) electrons. The van der Waals surface area contributed by atoms with Gasteiger partial charge in [-0.3, -0.25) is 4.90 Å². The zero-order valence-corrected chi connectivity index (χ0v) is 11.4. The summed E-state index contributed by atoms with van der Waals surface area (Å²) in [5.41, 5.74) is 1.33. The fourth-order valence-corrected chi connectivity index (χ4v) is 1.75. The average Bonchev–Trinajstić information content (AvgIpc) is 2.36. The van der Waals surface area contributed by atoms with Crippen molar-refractivity contribution in [2.24, 2.45) is 0 Å². The van der Waals surface area contributed by atoms with Gasteiger partial charge in [0.15, 0.2) is 0 Å². The predicted molar refractivity (Wildman–Crippen MR) is 72.6 cm³/mol. The zero-order valence-electron chi connectivity index (χ0n) is 11.4. The Morgan fingerprint density at radius 3 is 2.47 bits per heavy atom. The summed E-state index contributed by atoms with van der Waals surface area (Å²) >= 11 is 0. The van der Waals surface area contributed by atoms with Gasteiger partial charge in [0.05, 0.1) is 6.61 Å². The topological polar surface area (TPSA) is 24.5 Å². The van der Waals surface area contributed by atoms with Crippen molar-refractivity contribution in [3.05, 3.63) is 29.8 Å². The van der Waals surface area contributed by atoms with E-state index in [1.54, 1.807) is 0 Å². The molecule has 1 atom stereocenters. The lowest BCUT2D eigenvalue weighted by Gasteiger charge is -2.25. The van der Waals surface area contributed by atoms with Gasteiger partial charge in [-0.1, -0.05) is 12.1 Å². The van der Waals surface area contributed by atoms with Crippen LogP contribution >= 0.6 is 0 Å². The third kappa shape index (κ3) is 4.36. The SMILES string of the molecule is CCOc1ccc(C(C)N(C)CCNC)cc1. The Morgan fingerprint density at radius 2 is 1.94 bits per heavy atom. The molecule has 0 aromatic heterocycles. The molecule has 0 aliphatic heterocycles. The van der Waals surface area contributed by atoms with E-state index in [1.807, 2.05) is 26.1 Å². The van der Waals surface area contributed by atoms with E-state index in [-0.39, 0.29) is 0 Å². The van der Waals surface area contributed by atoms with Crippen molar-refractivity contribution in [2.75, 3.05) is 33.8 Å². The molecule has 3 nitrogen and oxygen atoms in total. The molecular weight excluding hydrogens is 212 g/mol. The molecule has 0 saturated heterocycles. The Labute approximate surface area is 105 Å². The van der Waals surface area contributed by atoms with Crippen LogP contribution < -0.4 is 10.1 Å². The third-order valence-corrected chi connectivity index (χ3v) is 3.05. The minimum Gasteiger partial charge on any atom is -0.494 e. The van der Waals surface area contributed by atoms with Crippen LogP contribution in [-0.2, 0) is 0 Å². The van der Waals surface area contributed by atoms with E-state index in [4.69, 9.17) is 4.74 Å².